The van der Waals surface area contributed by atoms with E-state index in [0.29, 0.717) is 54.8 Å². The number of hydrogen-bond acceptors (Lipinski definition) is 10. The topological polar surface area (TPSA) is 132 Å². The molecule has 11 nitrogen and oxygen atoms in total. The summed E-state index contributed by atoms with van der Waals surface area (Å²) in [4.78, 5) is 26.5. The Labute approximate surface area is 201 Å². The highest BCUT2D eigenvalue weighted by molar-refractivity contribution is 5.90. The van der Waals surface area contributed by atoms with Crippen molar-refractivity contribution in [3.8, 4) is 11.8 Å². The predicted molar refractivity (Wildman–Crippen MR) is 130 cm³/mol. The number of piperidine rings is 1. The molecular formula is C24H26N8O3. The third-order valence-electron chi connectivity index (χ3n) is 6.97. The van der Waals surface area contributed by atoms with E-state index in [9.17, 15) is 4.79 Å². The van der Waals surface area contributed by atoms with Gasteiger partial charge >= 0.3 is 0 Å². The summed E-state index contributed by atoms with van der Waals surface area (Å²) in [5, 5.41) is 19.1. The number of aromatic amines is 1. The van der Waals surface area contributed by atoms with E-state index in [0.717, 1.165) is 49.6 Å². The van der Waals surface area contributed by atoms with Gasteiger partial charge in [-0.2, -0.15) is 15.3 Å². The first-order chi connectivity index (χ1) is 17.2. The van der Waals surface area contributed by atoms with Crippen molar-refractivity contribution < 1.29 is 9.47 Å². The highest BCUT2D eigenvalue weighted by Gasteiger charge is 2.30. The van der Waals surface area contributed by atoms with Gasteiger partial charge in [-0.1, -0.05) is 0 Å². The Morgan fingerprint density at radius 3 is 2.94 bits per heavy atom. The first-order valence-electron chi connectivity index (χ1n) is 11.9. The number of H-pyrrole nitrogens is 1. The Morgan fingerprint density at radius 2 is 2.09 bits per heavy atom. The lowest BCUT2D eigenvalue weighted by Gasteiger charge is -2.41. The van der Waals surface area contributed by atoms with Gasteiger partial charge in [0.1, 0.15) is 29.1 Å². The second kappa shape index (κ2) is 9.03. The van der Waals surface area contributed by atoms with Crippen molar-refractivity contribution in [2.24, 2.45) is 5.92 Å². The van der Waals surface area contributed by atoms with E-state index in [4.69, 9.17) is 19.7 Å². The Morgan fingerprint density at radius 1 is 1.20 bits per heavy atom. The third kappa shape index (κ3) is 4.10. The maximum Gasteiger partial charge on any atom is 0.277 e. The number of nitrogens with zero attached hydrogens (tertiary/aromatic N) is 6. The predicted octanol–water partition coefficient (Wildman–Crippen LogP) is 2.18. The molecule has 180 valence electrons. The molecule has 2 aromatic heterocycles. The molecule has 2 fully saturated rings. The number of fused-ring (bicyclic) bond motifs is 4. The Bertz CT molecular complexity index is 1340. The van der Waals surface area contributed by atoms with Gasteiger partial charge in [0.2, 0.25) is 5.95 Å². The molecule has 0 radical (unpaired) electrons. The van der Waals surface area contributed by atoms with Gasteiger partial charge < -0.3 is 24.6 Å². The summed E-state index contributed by atoms with van der Waals surface area (Å²) in [5.74, 6) is 2.17. The normalized spacial score (nSPS) is 20.0. The van der Waals surface area contributed by atoms with Gasteiger partial charge in [-0.25, -0.2) is 10.1 Å². The average Bonchev–Trinajstić information content (AvgIpc) is 2.89. The largest absolute Gasteiger partial charge is 0.489 e. The second-order valence-corrected chi connectivity index (χ2v) is 9.16. The molecule has 11 heteroatoms. The summed E-state index contributed by atoms with van der Waals surface area (Å²) in [6.07, 6.45) is 3.94. The third-order valence-corrected chi connectivity index (χ3v) is 6.97. The highest BCUT2D eigenvalue weighted by atomic mass is 16.5. The van der Waals surface area contributed by atoms with Crippen LogP contribution in [0.3, 0.4) is 0 Å². The number of ether oxygens (including phenoxy) is 2. The van der Waals surface area contributed by atoms with E-state index in [2.05, 4.69) is 36.4 Å². The van der Waals surface area contributed by atoms with Crippen LogP contribution < -0.4 is 25.4 Å². The van der Waals surface area contributed by atoms with Crippen molar-refractivity contribution >= 4 is 34.0 Å². The summed E-state index contributed by atoms with van der Waals surface area (Å²) in [5.41, 5.74) is 1.94. The van der Waals surface area contributed by atoms with Crippen LogP contribution in [0.25, 0.3) is 10.9 Å². The van der Waals surface area contributed by atoms with Crippen molar-refractivity contribution in [3.63, 3.8) is 0 Å². The van der Waals surface area contributed by atoms with Crippen LogP contribution in [-0.2, 0) is 4.74 Å². The quantitative estimate of drug-likeness (QED) is 0.580. The minimum atomic E-state index is -0.352. The minimum Gasteiger partial charge on any atom is -0.489 e. The van der Waals surface area contributed by atoms with E-state index in [1.54, 1.807) is 6.20 Å². The zero-order valence-corrected chi connectivity index (χ0v) is 19.2. The Balaban J connectivity index is 1.32. The highest BCUT2D eigenvalue weighted by Crippen LogP contribution is 2.38. The number of rotatable bonds is 4. The number of hydrogen-bond donors (Lipinski definition) is 2. The molecule has 1 atom stereocenters. The molecule has 0 bridgehead atoms. The standard InChI is InChI=1S/C24H26N8O3/c25-6-3-15-4-7-31(8-5-15)24-28-18-12-26-30-23(33)21(18)22(29-24)27-16-1-2-19-20(11-16)35-14-17-13-34-10-9-32(17)19/h1-2,11-12,15,17H,3-5,7-10,13-14H2,(H,30,33)(H,27,28,29)/t17-/m0/s1. The molecule has 0 saturated carbocycles. The first kappa shape index (κ1) is 21.6. The molecule has 0 spiro atoms. The van der Waals surface area contributed by atoms with Crippen LogP contribution in [0.1, 0.15) is 19.3 Å². The van der Waals surface area contributed by atoms with E-state index >= 15 is 0 Å². The molecule has 35 heavy (non-hydrogen) atoms. The average molecular weight is 475 g/mol. The molecule has 0 aliphatic carbocycles. The Kier molecular flexibility index (Phi) is 5.58. The number of morpholine rings is 1. The van der Waals surface area contributed by atoms with Gasteiger partial charge in [0, 0.05) is 37.8 Å². The van der Waals surface area contributed by atoms with Gasteiger partial charge in [-0.3, -0.25) is 4.79 Å². The van der Waals surface area contributed by atoms with Crippen LogP contribution in [0.4, 0.5) is 23.1 Å². The fourth-order valence-corrected chi connectivity index (χ4v) is 5.07. The summed E-state index contributed by atoms with van der Waals surface area (Å²) in [6, 6.07) is 8.44. The zero-order chi connectivity index (χ0) is 23.8. The lowest BCUT2D eigenvalue weighted by molar-refractivity contribution is 0.0705. The Hall–Kier alpha value is -3.91. The summed E-state index contributed by atoms with van der Waals surface area (Å²) in [6.45, 7) is 4.31. The van der Waals surface area contributed by atoms with Crippen molar-refractivity contribution in [3.05, 3.63) is 34.7 Å². The molecule has 3 aromatic rings. The number of benzene rings is 1. The van der Waals surface area contributed by atoms with Crippen molar-refractivity contribution in [1.29, 1.82) is 5.26 Å². The van der Waals surface area contributed by atoms with Crippen LogP contribution in [0.5, 0.6) is 5.75 Å². The molecule has 3 aliphatic heterocycles. The smallest absolute Gasteiger partial charge is 0.277 e. The molecule has 0 amide bonds. The fourth-order valence-electron chi connectivity index (χ4n) is 5.07. The van der Waals surface area contributed by atoms with Gasteiger partial charge in [-0.15, -0.1) is 0 Å². The van der Waals surface area contributed by atoms with Crippen LogP contribution in [0.2, 0.25) is 0 Å². The maximum atomic E-state index is 12.7. The van der Waals surface area contributed by atoms with E-state index in [1.165, 1.54) is 0 Å². The molecule has 5 heterocycles. The van der Waals surface area contributed by atoms with Crippen LogP contribution in [0.15, 0.2) is 29.2 Å². The van der Waals surface area contributed by atoms with Gasteiger partial charge in [-0.05, 0) is 30.9 Å². The van der Waals surface area contributed by atoms with Crippen LogP contribution in [0, 0.1) is 17.2 Å². The summed E-state index contributed by atoms with van der Waals surface area (Å²) in [7, 11) is 0. The zero-order valence-electron chi connectivity index (χ0n) is 19.2. The fraction of sp³-hybridized carbons (Fsp3) is 0.458. The molecule has 1 aromatic carbocycles. The molecule has 2 saturated heterocycles. The van der Waals surface area contributed by atoms with Crippen molar-refractivity contribution in [1.82, 2.24) is 20.2 Å². The van der Waals surface area contributed by atoms with Gasteiger partial charge in [0.25, 0.3) is 5.56 Å². The number of nitriles is 1. The summed E-state index contributed by atoms with van der Waals surface area (Å²) >= 11 is 0. The van der Waals surface area contributed by atoms with Crippen LogP contribution in [-0.4, -0.2) is 65.7 Å². The SMILES string of the molecule is N#CCC1CCN(c2nc(Nc3ccc4c(c3)OC[C@@H]3COCCN43)c3c(=O)[nH]ncc3n2)CC1. The lowest BCUT2D eigenvalue weighted by Crippen LogP contribution is -2.51. The number of anilines is 4. The second-order valence-electron chi connectivity index (χ2n) is 9.16. The van der Waals surface area contributed by atoms with Gasteiger partial charge in [0.15, 0.2) is 0 Å². The maximum absolute atomic E-state index is 12.7. The van der Waals surface area contributed by atoms with E-state index in [-0.39, 0.29) is 11.6 Å². The molecular weight excluding hydrogens is 448 g/mol. The minimum absolute atomic E-state index is 0.229. The van der Waals surface area contributed by atoms with E-state index < -0.39 is 0 Å². The van der Waals surface area contributed by atoms with Gasteiger partial charge in [0.05, 0.1) is 37.2 Å². The number of aromatic nitrogens is 4. The molecule has 3 aliphatic rings. The van der Waals surface area contributed by atoms with Crippen molar-refractivity contribution in [2.45, 2.75) is 25.3 Å². The van der Waals surface area contributed by atoms with Crippen LogP contribution >= 0.6 is 0 Å². The summed E-state index contributed by atoms with van der Waals surface area (Å²) < 4.78 is 11.6. The molecule has 0 unspecified atom stereocenters. The lowest BCUT2D eigenvalue weighted by atomic mass is 9.94. The first-order valence-corrected chi connectivity index (χ1v) is 11.9. The molecule has 2 N–H and O–H groups in total. The molecule has 6 rings (SSSR count). The van der Waals surface area contributed by atoms with E-state index in [1.807, 2.05) is 18.2 Å². The van der Waals surface area contributed by atoms with Crippen molar-refractivity contribution in [2.75, 3.05) is 54.6 Å². The monoisotopic (exact) mass is 474 g/mol. The number of nitrogens with one attached hydrogen (secondary N) is 2.